The van der Waals surface area contributed by atoms with Crippen molar-refractivity contribution in [2.75, 3.05) is 37.1 Å². The van der Waals surface area contributed by atoms with Crippen LogP contribution in [0.25, 0.3) is 0 Å². The van der Waals surface area contributed by atoms with Gasteiger partial charge in [0.05, 0.1) is 19.4 Å². The second kappa shape index (κ2) is 9.07. The van der Waals surface area contributed by atoms with Gasteiger partial charge in [0.25, 0.3) is 5.91 Å². The molecule has 0 fully saturated rings. The van der Waals surface area contributed by atoms with Crippen LogP contribution in [0.5, 0.6) is 17.2 Å². The third kappa shape index (κ3) is 5.23. The molecule has 0 radical (unpaired) electrons. The lowest BCUT2D eigenvalue weighted by atomic mass is 9.95. The number of anilines is 2. The molecule has 0 saturated carbocycles. The van der Waals surface area contributed by atoms with Crippen LogP contribution in [0.1, 0.15) is 27.2 Å². The van der Waals surface area contributed by atoms with E-state index in [9.17, 15) is 9.59 Å². The molecule has 160 valence electrons. The molecule has 2 aromatic carbocycles. The molecule has 2 aromatic rings. The molecule has 1 aliphatic rings. The summed E-state index contributed by atoms with van der Waals surface area (Å²) in [6.45, 7) is 6.50. The van der Waals surface area contributed by atoms with Crippen LogP contribution in [0, 0.1) is 5.41 Å². The molecule has 0 spiro atoms. The Morgan fingerprint density at radius 3 is 2.50 bits per heavy atom. The second-order valence-corrected chi connectivity index (χ2v) is 8.10. The van der Waals surface area contributed by atoms with Gasteiger partial charge in [-0.25, -0.2) is 0 Å². The molecule has 0 aromatic heterocycles. The first kappa shape index (κ1) is 21.5. The lowest BCUT2D eigenvalue weighted by Crippen LogP contribution is -2.40. The molecular weight excluding hydrogens is 384 g/mol. The molecule has 1 N–H and O–H groups in total. The van der Waals surface area contributed by atoms with Gasteiger partial charge in [-0.05, 0) is 48.9 Å². The Morgan fingerprint density at radius 1 is 1.13 bits per heavy atom. The molecule has 1 aliphatic heterocycles. The lowest BCUT2D eigenvalue weighted by molar-refractivity contribution is -0.123. The van der Waals surface area contributed by atoms with Crippen LogP contribution in [0.3, 0.4) is 0 Å². The average molecular weight is 412 g/mol. The fraction of sp³-hybridized carbons (Fsp3) is 0.391. The van der Waals surface area contributed by atoms with Crippen molar-refractivity contribution < 1.29 is 23.8 Å². The van der Waals surface area contributed by atoms with Gasteiger partial charge in [-0.2, -0.15) is 0 Å². The Morgan fingerprint density at radius 2 is 1.83 bits per heavy atom. The van der Waals surface area contributed by atoms with Gasteiger partial charge in [0.15, 0.2) is 6.61 Å². The Bertz CT molecular complexity index is 903. The van der Waals surface area contributed by atoms with E-state index in [2.05, 4.69) is 5.32 Å². The van der Waals surface area contributed by atoms with Crippen molar-refractivity contribution in [1.82, 2.24) is 0 Å². The highest BCUT2D eigenvalue weighted by Gasteiger charge is 2.27. The molecule has 2 amide bonds. The normalized spacial score (nSPS) is 13.3. The summed E-state index contributed by atoms with van der Waals surface area (Å²) in [5.74, 6) is 1.93. The minimum atomic E-state index is -0.513. The van der Waals surface area contributed by atoms with Crippen LogP contribution in [-0.2, 0) is 9.59 Å². The number of nitrogens with zero attached hydrogens (tertiary/aromatic N) is 1. The maximum absolute atomic E-state index is 12.4. The molecule has 0 unspecified atom stereocenters. The molecule has 0 bridgehead atoms. The summed E-state index contributed by atoms with van der Waals surface area (Å²) in [6.07, 6.45) is 0.649. The number of nitrogens with one attached hydrogen (secondary N) is 1. The maximum atomic E-state index is 12.4. The van der Waals surface area contributed by atoms with Gasteiger partial charge < -0.3 is 24.4 Å². The van der Waals surface area contributed by atoms with Gasteiger partial charge in [0.2, 0.25) is 5.91 Å². The fourth-order valence-electron chi connectivity index (χ4n) is 2.93. The number of rotatable bonds is 7. The molecule has 7 nitrogen and oxygen atoms in total. The molecule has 30 heavy (non-hydrogen) atoms. The van der Waals surface area contributed by atoms with Crippen molar-refractivity contribution in [3.63, 3.8) is 0 Å². The Labute approximate surface area is 176 Å². The third-order valence-electron chi connectivity index (χ3n) is 4.70. The quantitative estimate of drug-likeness (QED) is 0.699. The molecule has 0 saturated heterocycles. The zero-order valence-corrected chi connectivity index (χ0v) is 17.9. The van der Waals surface area contributed by atoms with Crippen molar-refractivity contribution in [3.05, 3.63) is 42.5 Å². The van der Waals surface area contributed by atoms with Crippen LogP contribution in [0.15, 0.2) is 42.5 Å². The number of ether oxygens (including phenoxy) is 3. The van der Waals surface area contributed by atoms with Gasteiger partial charge in [0.1, 0.15) is 17.2 Å². The van der Waals surface area contributed by atoms with Gasteiger partial charge in [-0.1, -0.05) is 20.8 Å². The van der Waals surface area contributed by atoms with E-state index in [0.29, 0.717) is 36.7 Å². The summed E-state index contributed by atoms with van der Waals surface area (Å²) in [7, 11) is 1.62. The number of amides is 2. The van der Waals surface area contributed by atoms with Crippen LogP contribution in [-0.4, -0.2) is 38.7 Å². The zero-order chi connectivity index (χ0) is 21.7. The lowest BCUT2D eigenvalue weighted by Gasteiger charge is -2.30. The molecule has 1 heterocycles. The minimum absolute atomic E-state index is 0.0000337. The highest BCUT2D eigenvalue weighted by Crippen LogP contribution is 2.35. The van der Waals surface area contributed by atoms with E-state index in [0.717, 1.165) is 11.5 Å². The van der Waals surface area contributed by atoms with Gasteiger partial charge >= 0.3 is 0 Å². The van der Waals surface area contributed by atoms with Crippen LogP contribution < -0.4 is 24.4 Å². The molecule has 0 aliphatic carbocycles. The molecule has 3 rings (SSSR count). The van der Waals surface area contributed by atoms with Gasteiger partial charge in [0, 0.05) is 17.6 Å². The van der Waals surface area contributed by atoms with Crippen LogP contribution in [0.2, 0.25) is 0 Å². The number of carbonyl (C=O) groups is 2. The fourth-order valence-corrected chi connectivity index (χ4v) is 2.93. The standard InChI is InChI=1S/C23H28N2O5/c1-23(2,3)22(27)24-16-6-11-20-19(14-16)25(21(26)15-30-20)12-5-13-29-18-9-7-17(28-4)8-10-18/h6-11,14H,5,12-13,15H2,1-4H3,(H,24,27). The van der Waals surface area contributed by atoms with E-state index in [4.69, 9.17) is 14.2 Å². The van der Waals surface area contributed by atoms with E-state index in [1.807, 2.05) is 45.0 Å². The first-order chi connectivity index (χ1) is 14.3. The predicted molar refractivity (Wildman–Crippen MR) is 115 cm³/mol. The molecule has 0 atom stereocenters. The Hall–Kier alpha value is -3.22. The Kier molecular flexibility index (Phi) is 6.50. The van der Waals surface area contributed by atoms with E-state index in [1.165, 1.54) is 0 Å². The van der Waals surface area contributed by atoms with Gasteiger partial charge in [-0.3, -0.25) is 9.59 Å². The minimum Gasteiger partial charge on any atom is -0.497 e. The predicted octanol–water partition coefficient (Wildman–Crippen LogP) is 3.87. The summed E-state index contributed by atoms with van der Waals surface area (Å²) >= 11 is 0. The number of hydrogen-bond acceptors (Lipinski definition) is 5. The van der Waals surface area contributed by atoms with Crippen molar-refractivity contribution >= 4 is 23.2 Å². The van der Waals surface area contributed by atoms with Crippen molar-refractivity contribution in [2.24, 2.45) is 5.41 Å². The molecular formula is C23H28N2O5. The number of hydrogen-bond donors (Lipinski definition) is 1. The molecule has 7 heteroatoms. The summed E-state index contributed by atoms with van der Waals surface area (Å²) in [5, 5.41) is 2.90. The summed E-state index contributed by atoms with van der Waals surface area (Å²) in [5.41, 5.74) is 0.773. The third-order valence-corrected chi connectivity index (χ3v) is 4.70. The first-order valence-electron chi connectivity index (χ1n) is 9.93. The van der Waals surface area contributed by atoms with Crippen LogP contribution >= 0.6 is 0 Å². The summed E-state index contributed by atoms with van der Waals surface area (Å²) in [4.78, 5) is 26.4. The largest absolute Gasteiger partial charge is 0.497 e. The number of methoxy groups -OCH3 is 1. The topological polar surface area (TPSA) is 77.1 Å². The van der Waals surface area contributed by atoms with Crippen LogP contribution in [0.4, 0.5) is 11.4 Å². The monoisotopic (exact) mass is 412 g/mol. The zero-order valence-electron chi connectivity index (χ0n) is 17.9. The smallest absolute Gasteiger partial charge is 0.265 e. The highest BCUT2D eigenvalue weighted by molar-refractivity contribution is 6.00. The van der Waals surface area contributed by atoms with E-state index in [-0.39, 0.29) is 18.4 Å². The number of carbonyl (C=O) groups excluding carboxylic acids is 2. The average Bonchev–Trinajstić information content (AvgIpc) is 2.72. The highest BCUT2D eigenvalue weighted by atomic mass is 16.5. The van der Waals surface area contributed by atoms with Crippen molar-refractivity contribution in [1.29, 1.82) is 0 Å². The summed E-state index contributed by atoms with van der Waals surface area (Å²) < 4.78 is 16.4. The van der Waals surface area contributed by atoms with E-state index in [1.54, 1.807) is 30.2 Å². The summed E-state index contributed by atoms with van der Waals surface area (Å²) in [6, 6.07) is 12.7. The maximum Gasteiger partial charge on any atom is 0.265 e. The van der Waals surface area contributed by atoms with Crippen molar-refractivity contribution in [2.45, 2.75) is 27.2 Å². The number of benzene rings is 2. The van der Waals surface area contributed by atoms with E-state index < -0.39 is 5.41 Å². The number of fused-ring (bicyclic) bond motifs is 1. The Balaban J connectivity index is 1.63. The van der Waals surface area contributed by atoms with Gasteiger partial charge in [-0.15, -0.1) is 0 Å². The van der Waals surface area contributed by atoms with Crippen molar-refractivity contribution in [3.8, 4) is 17.2 Å². The first-order valence-corrected chi connectivity index (χ1v) is 9.93. The van der Waals surface area contributed by atoms with E-state index >= 15 is 0 Å². The SMILES string of the molecule is COc1ccc(OCCCN2C(=O)COc3ccc(NC(=O)C(C)(C)C)cc32)cc1. The second-order valence-electron chi connectivity index (χ2n) is 8.10.